The van der Waals surface area contributed by atoms with Gasteiger partial charge in [-0.2, -0.15) is 0 Å². The van der Waals surface area contributed by atoms with Crippen molar-refractivity contribution in [2.75, 3.05) is 26.1 Å². The first-order valence-corrected chi connectivity index (χ1v) is 7.22. The molecule has 0 aliphatic heterocycles. The quantitative estimate of drug-likeness (QED) is 0.832. The van der Waals surface area contributed by atoms with Crippen LogP contribution in [0.3, 0.4) is 0 Å². The van der Waals surface area contributed by atoms with Gasteiger partial charge in [-0.05, 0) is 42.7 Å². The maximum Gasteiger partial charge on any atom is 0.118 e. The van der Waals surface area contributed by atoms with E-state index in [1.165, 1.54) is 11.1 Å². The molecule has 1 N–H and O–H groups in total. The van der Waals surface area contributed by atoms with Crippen LogP contribution >= 0.6 is 0 Å². The van der Waals surface area contributed by atoms with E-state index in [1.54, 1.807) is 14.2 Å². The van der Waals surface area contributed by atoms with E-state index in [-0.39, 0.29) is 6.04 Å². The molecule has 2 aromatic rings. The van der Waals surface area contributed by atoms with Gasteiger partial charge in [0.1, 0.15) is 5.75 Å². The van der Waals surface area contributed by atoms with Crippen molar-refractivity contribution < 1.29 is 9.47 Å². The van der Waals surface area contributed by atoms with Crippen LogP contribution in [-0.2, 0) is 11.2 Å². The number of methoxy groups -OCH3 is 2. The van der Waals surface area contributed by atoms with Gasteiger partial charge in [0.05, 0.1) is 13.7 Å². The lowest BCUT2D eigenvalue weighted by molar-refractivity contribution is 0.202. The van der Waals surface area contributed by atoms with Gasteiger partial charge in [0.2, 0.25) is 0 Å². The summed E-state index contributed by atoms with van der Waals surface area (Å²) in [5, 5.41) is 3.58. The second-order valence-electron chi connectivity index (χ2n) is 5.04. The van der Waals surface area contributed by atoms with E-state index in [9.17, 15) is 0 Å². The highest BCUT2D eigenvalue weighted by Crippen LogP contribution is 2.24. The van der Waals surface area contributed by atoms with Crippen LogP contribution in [0.15, 0.2) is 48.5 Å². The summed E-state index contributed by atoms with van der Waals surface area (Å²) in [7, 11) is 3.42. The number of ether oxygens (including phenoxy) is 2. The van der Waals surface area contributed by atoms with E-state index in [4.69, 9.17) is 9.47 Å². The van der Waals surface area contributed by atoms with Crippen LogP contribution in [-0.4, -0.2) is 20.8 Å². The predicted octanol–water partition coefficient (Wildman–Crippen LogP) is 4.06. The molecule has 112 valence electrons. The molecule has 0 fully saturated rings. The summed E-state index contributed by atoms with van der Waals surface area (Å²) >= 11 is 0. The summed E-state index contributed by atoms with van der Waals surface area (Å²) in [6, 6.07) is 16.8. The number of para-hydroxylation sites is 1. The molecule has 0 aliphatic carbocycles. The molecule has 1 atom stereocenters. The molecule has 0 saturated carbocycles. The Morgan fingerprint density at radius 2 is 1.71 bits per heavy atom. The Labute approximate surface area is 126 Å². The van der Waals surface area contributed by atoms with E-state index in [2.05, 4.69) is 48.6 Å². The zero-order chi connectivity index (χ0) is 15.1. The van der Waals surface area contributed by atoms with Crippen molar-refractivity contribution >= 4 is 5.69 Å². The highest BCUT2D eigenvalue weighted by molar-refractivity contribution is 5.52. The van der Waals surface area contributed by atoms with Gasteiger partial charge in [0, 0.05) is 18.8 Å². The first-order valence-electron chi connectivity index (χ1n) is 7.22. The van der Waals surface area contributed by atoms with Gasteiger partial charge < -0.3 is 14.8 Å². The molecular formula is C18H23NO2. The topological polar surface area (TPSA) is 30.5 Å². The highest BCUT2D eigenvalue weighted by Gasteiger charge is 2.08. The van der Waals surface area contributed by atoms with E-state index in [1.807, 2.05) is 12.1 Å². The SMILES string of the molecule is COCCc1ccccc1NC(C)c1ccc(OC)cc1. The fourth-order valence-corrected chi connectivity index (χ4v) is 2.30. The maximum atomic E-state index is 5.20. The normalized spacial score (nSPS) is 12.0. The largest absolute Gasteiger partial charge is 0.497 e. The van der Waals surface area contributed by atoms with Gasteiger partial charge in [-0.15, -0.1) is 0 Å². The minimum absolute atomic E-state index is 0.236. The molecule has 21 heavy (non-hydrogen) atoms. The molecule has 2 aromatic carbocycles. The predicted molar refractivity (Wildman–Crippen MR) is 87.1 cm³/mol. The lowest BCUT2D eigenvalue weighted by Gasteiger charge is -2.19. The van der Waals surface area contributed by atoms with Gasteiger partial charge in [-0.3, -0.25) is 0 Å². The summed E-state index contributed by atoms with van der Waals surface area (Å²) in [6.07, 6.45) is 0.912. The number of hydrogen-bond acceptors (Lipinski definition) is 3. The Hall–Kier alpha value is -2.00. The van der Waals surface area contributed by atoms with Crippen molar-refractivity contribution in [3.63, 3.8) is 0 Å². The zero-order valence-electron chi connectivity index (χ0n) is 12.9. The Morgan fingerprint density at radius 1 is 1.00 bits per heavy atom. The molecule has 0 bridgehead atoms. The molecule has 0 radical (unpaired) electrons. The van der Waals surface area contributed by atoms with Crippen LogP contribution in [0.2, 0.25) is 0 Å². The Bertz CT molecular complexity index is 551. The van der Waals surface area contributed by atoms with Gasteiger partial charge >= 0.3 is 0 Å². The third kappa shape index (κ3) is 4.23. The summed E-state index contributed by atoms with van der Waals surface area (Å²) in [4.78, 5) is 0. The van der Waals surface area contributed by atoms with Gasteiger partial charge in [0.25, 0.3) is 0 Å². The van der Waals surface area contributed by atoms with Crippen LogP contribution in [0.4, 0.5) is 5.69 Å². The molecule has 1 unspecified atom stereocenters. The van der Waals surface area contributed by atoms with Crippen molar-refractivity contribution in [1.29, 1.82) is 0 Å². The van der Waals surface area contributed by atoms with Crippen LogP contribution < -0.4 is 10.1 Å². The van der Waals surface area contributed by atoms with Gasteiger partial charge in [-0.25, -0.2) is 0 Å². The van der Waals surface area contributed by atoms with Crippen molar-refractivity contribution in [1.82, 2.24) is 0 Å². The zero-order valence-corrected chi connectivity index (χ0v) is 12.9. The van der Waals surface area contributed by atoms with Crippen molar-refractivity contribution in [2.24, 2.45) is 0 Å². The van der Waals surface area contributed by atoms with E-state index in [0.717, 1.165) is 24.5 Å². The average molecular weight is 285 g/mol. The minimum Gasteiger partial charge on any atom is -0.497 e. The molecule has 0 saturated heterocycles. The van der Waals surface area contributed by atoms with Crippen LogP contribution in [0.1, 0.15) is 24.1 Å². The average Bonchev–Trinajstić information content (AvgIpc) is 2.54. The molecule has 2 rings (SSSR count). The Kier molecular flexibility index (Phi) is 5.64. The van der Waals surface area contributed by atoms with Crippen LogP contribution in [0.5, 0.6) is 5.75 Å². The fraction of sp³-hybridized carbons (Fsp3) is 0.333. The molecule has 3 heteroatoms. The number of anilines is 1. The third-order valence-corrected chi connectivity index (χ3v) is 3.58. The molecule has 3 nitrogen and oxygen atoms in total. The lowest BCUT2D eigenvalue weighted by atomic mass is 10.1. The van der Waals surface area contributed by atoms with E-state index in [0.29, 0.717) is 0 Å². The van der Waals surface area contributed by atoms with Crippen molar-refractivity contribution in [2.45, 2.75) is 19.4 Å². The summed E-state index contributed by atoms with van der Waals surface area (Å²) < 4.78 is 10.4. The van der Waals surface area contributed by atoms with Crippen LogP contribution in [0, 0.1) is 0 Å². The lowest BCUT2D eigenvalue weighted by Crippen LogP contribution is -2.09. The van der Waals surface area contributed by atoms with Gasteiger partial charge in [0.15, 0.2) is 0 Å². The monoisotopic (exact) mass is 285 g/mol. The third-order valence-electron chi connectivity index (χ3n) is 3.58. The number of hydrogen-bond donors (Lipinski definition) is 1. The summed E-state index contributed by atoms with van der Waals surface area (Å²) in [5.74, 6) is 0.881. The first-order chi connectivity index (χ1) is 10.2. The number of nitrogens with one attached hydrogen (secondary N) is 1. The molecule has 0 heterocycles. The molecule has 0 spiro atoms. The summed E-state index contributed by atoms with van der Waals surface area (Å²) in [5.41, 5.74) is 3.68. The fourth-order valence-electron chi connectivity index (χ4n) is 2.30. The highest BCUT2D eigenvalue weighted by atomic mass is 16.5. The summed E-state index contributed by atoms with van der Waals surface area (Å²) in [6.45, 7) is 2.89. The smallest absolute Gasteiger partial charge is 0.118 e. The maximum absolute atomic E-state index is 5.20. The van der Waals surface area contributed by atoms with Crippen molar-refractivity contribution in [3.05, 3.63) is 59.7 Å². The molecular weight excluding hydrogens is 262 g/mol. The second kappa shape index (κ2) is 7.70. The van der Waals surface area contributed by atoms with E-state index >= 15 is 0 Å². The first kappa shape index (κ1) is 15.4. The second-order valence-corrected chi connectivity index (χ2v) is 5.04. The standard InChI is InChI=1S/C18H23NO2/c1-14(15-8-10-17(21-3)11-9-15)19-18-7-5-4-6-16(18)12-13-20-2/h4-11,14,19H,12-13H2,1-3H3. The Balaban J connectivity index is 2.09. The molecule has 0 amide bonds. The number of benzene rings is 2. The van der Waals surface area contributed by atoms with Gasteiger partial charge in [-0.1, -0.05) is 30.3 Å². The molecule has 0 aliphatic rings. The van der Waals surface area contributed by atoms with Crippen molar-refractivity contribution in [3.8, 4) is 5.75 Å². The minimum atomic E-state index is 0.236. The Morgan fingerprint density at radius 3 is 2.38 bits per heavy atom. The number of rotatable bonds is 7. The molecule has 0 aromatic heterocycles. The van der Waals surface area contributed by atoms with Crippen LogP contribution in [0.25, 0.3) is 0 Å². The van der Waals surface area contributed by atoms with E-state index < -0.39 is 0 Å².